The lowest BCUT2D eigenvalue weighted by molar-refractivity contribution is 0.506. The molecular weight excluding hydrogens is 302 g/mol. The predicted molar refractivity (Wildman–Crippen MR) is 75.0 cm³/mol. The van der Waals surface area contributed by atoms with Crippen molar-refractivity contribution in [2.45, 2.75) is 9.92 Å². The molecule has 0 aliphatic heterocycles. The molecule has 0 saturated heterocycles. The van der Waals surface area contributed by atoms with Crippen LogP contribution < -0.4 is 0 Å². The Morgan fingerprint density at radius 1 is 0.950 bits per heavy atom. The fourth-order valence-electron chi connectivity index (χ4n) is 1.75. The van der Waals surface area contributed by atoms with Crippen molar-refractivity contribution in [2.24, 2.45) is 0 Å². The van der Waals surface area contributed by atoms with E-state index in [0.29, 0.717) is 15.4 Å². The molecule has 0 aliphatic carbocycles. The number of benzene rings is 2. The van der Waals surface area contributed by atoms with Gasteiger partial charge in [-0.1, -0.05) is 30.0 Å². The Bertz CT molecular complexity index is 795. The molecule has 0 fully saturated rings. The lowest BCUT2D eigenvalue weighted by Crippen LogP contribution is -1.90. The molecule has 1 heterocycles. The van der Waals surface area contributed by atoms with Crippen LogP contribution in [-0.4, -0.2) is 9.97 Å². The van der Waals surface area contributed by atoms with Crippen LogP contribution in [0.25, 0.3) is 10.9 Å². The summed E-state index contributed by atoms with van der Waals surface area (Å²) in [6.45, 7) is 0. The first kappa shape index (κ1) is 13.3. The van der Waals surface area contributed by atoms with Crippen LogP contribution in [0.2, 0.25) is 5.28 Å². The lowest BCUT2D eigenvalue weighted by atomic mass is 10.2. The number of halogens is 3. The van der Waals surface area contributed by atoms with Crippen molar-refractivity contribution >= 4 is 34.3 Å². The smallest absolute Gasteiger partial charge is 0.218 e. The van der Waals surface area contributed by atoms with E-state index >= 15 is 0 Å². The highest BCUT2D eigenvalue weighted by Gasteiger charge is 2.10. The summed E-state index contributed by atoms with van der Waals surface area (Å²) in [5.41, 5.74) is 0.706. The van der Waals surface area contributed by atoms with Gasteiger partial charge in [0.15, 0.2) is 11.6 Å². The topological polar surface area (TPSA) is 25.8 Å². The number of hydrogen-bond donors (Lipinski definition) is 0. The zero-order valence-corrected chi connectivity index (χ0v) is 11.6. The maximum atomic E-state index is 13.2. The Morgan fingerprint density at radius 2 is 1.75 bits per heavy atom. The molecule has 2 nitrogen and oxygen atoms in total. The van der Waals surface area contributed by atoms with Crippen LogP contribution in [0.15, 0.2) is 52.4 Å². The minimum absolute atomic E-state index is 0.119. The van der Waals surface area contributed by atoms with E-state index in [0.717, 1.165) is 17.5 Å². The van der Waals surface area contributed by atoms with Gasteiger partial charge in [0.25, 0.3) is 0 Å². The Kier molecular flexibility index (Phi) is 3.54. The molecule has 0 spiro atoms. The number of para-hydroxylation sites is 1. The molecule has 0 unspecified atom stereocenters. The molecule has 0 radical (unpaired) electrons. The van der Waals surface area contributed by atoms with Crippen LogP contribution in [0.5, 0.6) is 0 Å². The molecule has 6 heteroatoms. The fraction of sp³-hybridized carbons (Fsp3) is 0. The Morgan fingerprint density at radius 3 is 2.55 bits per heavy atom. The molecule has 1 aromatic heterocycles. The van der Waals surface area contributed by atoms with Gasteiger partial charge >= 0.3 is 0 Å². The highest BCUT2D eigenvalue weighted by Crippen LogP contribution is 2.32. The van der Waals surface area contributed by atoms with Crippen LogP contribution in [0.1, 0.15) is 0 Å². The van der Waals surface area contributed by atoms with E-state index in [1.165, 1.54) is 17.8 Å². The molecule has 0 bridgehead atoms. The molecule has 0 atom stereocenters. The minimum atomic E-state index is -0.889. The SMILES string of the molecule is Fc1ccc(Sc2nc(Cl)nc3ccccc23)cc1F. The summed E-state index contributed by atoms with van der Waals surface area (Å²) in [4.78, 5) is 8.81. The molecule has 3 aromatic rings. The van der Waals surface area contributed by atoms with Gasteiger partial charge in [0, 0.05) is 10.3 Å². The molecule has 0 amide bonds. The lowest BCUT2D eigenvalue weighted by Gasteiger charge is -2.06. The Balaban J connectivity index is 2.07. The van der Waals surface area contributed by atoms with Gasteiger partial charge in [0.1, 0.15) is 5.03 Å². The van der Waals surface area contributed by atoms with E-state index < -0.39 is 11.6 Å². The summed E-state index contributed by atoms with van der Waals surface area (Å²) >= 11 is 7.09. The Hall–Kier alpha value is -1.72. The zero-order chi connectivity index (χ0) is 14.1. The average Bonchev–Trinajstić information content (AvgIpc) is 2.43. The Labute approximate surface area is 122 Å². The molecule has 3 rings (SSSR count). The van der Waals surface area contributed by atoms with Crippen molar-refractivity contribution in [3.8, 4) is 0 Å². The molecule has 20 heavy (non-hydrogen) atoms. The first-order chi connectivity index (χ1) is 9.63. The van der Waals surface area contributed by atoms with Crippen LogP contribution >= 0.6 is 23.4 Å². The molecule has 0 aliphatic rings. The van der Waals surface area contributed by atoms with E-state index in [1.807, 2.05) is 24.3 Å². The van der Waals surface area contributed by atoms with Gasteiger partial charge in [-0.3, -0.25) is 0 Å². The summed E-state index contributed by atoms with van der Waals surface area (Å²) in [5, 5.41) is 1.53. The fourth-order valence-corrected chi connectivity index (χ4v) is 2.91. The normalized spacial score (nSPS) is 10.9. The summed E-state index contributed by atoms with van der Waals surface area (Å²) < 4.78 is 26.2. The monoisotopic (exact) mass is 308 g/mol. The third-order valence-corrected chi connectivity index (χ3v) is 3.81. The van der Waals surface area contributed by atoms with Gasteiger partial charge in [-0.05, 0) is 35.9 Å². The van der Waals surface area contributed by atoms with Gasteiger partial charge in [0.2, 0.25) is 5.28 Å². The first-order valence-corrected chi connectivity index (χ1v) is 6.88. The van der Waals surface area contributed by atoms with Crippen LogP contribution in [0.3, 0.4) is 0 Å². The van der Waals surface area contributed by atoms with Crippen molar-refractivity contribution in [2.75, 3.05) is 0 Å². The number of rotatable bonds is 2. The zero-order valence-electron chi connectivity index (χ0n) is 9.98. The highest BCUT2D eigenvalue weighted by molar-refractivity contribution is 7.99. The molecule has 100 valence electrons. The van der Waals surface area contributed by atoms with E-state index in [1.54, 1.807) is 0 Å². The van der Waals surface area contributed by atoms with Gasteiger partial charge in [-0.15, -0.1) is 0 Å². The molecule has 0 saturated carbocycles. The first-order valence-electron chi connectivity index (χ1n) is 5.69. The summed E-state index contributed by atoms with van der Waals surface area (Å²) in [5.74, 6) is -1.76. The quantitative estimate of drug-likeness (QED) is 0.506. The summed E-state index contributed by atoms with van der Waals surface area (Å²) in [7, 11) is 0. The van der Waals surface area contributed by atoms with Crippen molar-refractivity contribution in [1.82, 2.24) is 9.97 Å². The van der Waals surface area contributed by atoms with Gasteiger partial charge in [-0.25, -0.2) is 18.7 Å². The standard InChI is InChI=1S/C14H7ClF2N2S/c15-14-18-12-4-2-1-3-9(12)13(19-14)20-8-5-6-10(16)11(17)7-8/h1-7H. The van der Waals surface area contributed by atoms with E-state index in [2.05, 4.69) is 9.97 Å². The summed E-state index contributed by atoms with van der Waals surface area (Å²) in [6.07, 6.45) is 0. The van der Waals surface area contributed by atoms with Crippen molar-refractivity contribution in [3.05, 3.63) is 59.4 Å². The number of nitrogens with zero attached hydrogens (tertiary/aromatic N) is 2. The second kappa shape index (κ2) is 5.34. The van der Waals surface area contributed by atoms with Crippen molar-refractivity contribution < 1.29 is 8.78 Å². The number of hydrogen-bond acceptors (Lipinski definition) is 3. The molecule has 2 aromatic carbocycles. The third-order valence-electron chi connectivity index (χ3n) is 2.65. The third kappa shape index (κ3) is 2.59. The highest BCUT2D eigenvalue weighted by atomic mass is 35.5. The number of aromatic nitrogens is 2. The van der Waals surface area contributed by atoms with Crippen LogP contribution in [-0.2, 0) is 0 Å². The molecule has 0 N–H and O–H groups in total. The van der Waals surface area contributed by atoms with E-state index in [9.17, 15) is 8.78 Å². The molecular formula is C14H7ClF2N2S. The van der Waals surface area contributed by atoms with Gasteiger partial charge < -0.3 is 0 Å². The summed E-state index contributed by atoms with van der Waals surface area (Å²) in [6, 6.07) is 11.1. The van der Waals surface area contributed by atoms with Crippen LogP contribution in [0.4, 0.5) is 8.78 Å². The average molecular weight is 309 g/mol. The van der Waals surface area contributed by atoms with Crippen LogP contribution in [0, 0.1) is 11.6 Å². The minimum Gasteiger partial charge on any atom is -0.218 e. The second-order valence-electron chi connectivity index (χ2n) is 3.99. The van der Waals surface area contributed by atoms with E-state index in [4.69, 9.17) is 11.6 Å². The predicted octanol–water partition coefficient (Wildman–Crippen LogP) is 4.71. The van der Waals surface area contributed by atoms with E-state index in [-0.39, 0.29) is 5.28 Å². The van der Waals surface area contributed by atoms with Gasteiger partial charge in [-0.2, -0.15) is 0 Å². The maximum Gasteiger partial charge on any atom is 0.224 e. The second-order valence-corrected chi connectivity index (χ2v) is 5.39. The maximum absolute atomic E-state index is 13.2. The number of fused-ring (bicyclic) bond motifs is 1. The largest absolute Gasteiger partial charge is 0.224 e. The van der Waals surface area contributed by atoms with Crippen molar-refractivity contribution in [1.29, 1.82) is 0 Å². The van der Waals surface area contributed by atoms with Gasteiger partial charge in [0.05, 0.1) is 5.52 Å². The van der Waals surface area contributed by atoms with Crippen molar-refractivity contribution in [3.63, 3.8) is 0 Å².